The highest BCUT2D eigenvalue weighted by Crippen LogP contribution is 2.28. The van der Waals surface area contributed by atoms with Crippen molar-refractivity contribution in [2.24, 2.45) is 0 Å². The van der Waals surface area contributed by atoms with Gasteiger partial charge in [0, 0.05) is 13.1 Å². The molecule has 0 fully saturated rings. The maximum Gasteiger partial charge on any atom is 0.230 e. The third kappa shape index (κ3) is 7.88. The largest absolute Gasteiger partial charge is 0.351 e. The van der Waals surface area contributed by atoms with E-state index in [-0.39, 0.29) is 23.3 Å². The molecule has 0 aliphatic carbocycles. The van der Waals surface area contributed by atoms with E-state index in [1.165, 1.54) is 34.9 Å². The van der Waals surface area contributed by atoms with E-state index in [9.17, 15) is 9.59 Å². The Hall–Kier alpha value is -2.36. The first kappa shape index (κ1) is 21.4. The fourth-order valence-electron chi connectivity index (χ4n) is 2.26. The Morgan fingerprint density at radius 3 is 1.55 bits per heavy atom. The monoisotopic (exact) mass is 444 g/mol. The van der Waals surface area contributed by atoms with Crippen molar-refractivity contribution in [1.29, 1.82) is 0 Å². The summed E-state index contributed by atoms with van der Waals surface area (Å²) in [6.45, 7) is 1.02. The molecule has 0 spiro atoms. The minimum absolute atomic E-state index is 0.0523. The number of hydrogen-bond acceptors (Lipinski definition) is 7. The van der Waals surface area contributed by atoms with Gasteiger partial charge >= 0.3 is 0 Å². The molecule has 2 amide bonds. The lowest BCUT2D eigenvalue weighted by molar-refractivity contribution is -0.119. The van der Waals surface area contributed by atoms with E-state index < -0.39 is 0 Å². The van der Waals surface area contributed by atoms with Gasteiger partial charge < -0.3 is 10.6 Å². The van der Waals surface area contributed by atoms with Crippen molar-refractivity contribution in [3.05, 3.63) is 71.8 Å². The maximum absolute atomic E-state index is 12.0. The van der Waals surface area contributed by atoms with Crippen LogP contribution in [0.2, 0.25) is 0 Å². The van der Waals surface area contributed by atoms with Crippen molar-refractivity contribution >= 4 is 46.7 Å². The quantitative estimate of drug-likeness (QED) is 0.467. The topological polar surface area (TPSA) is 84.0 Å². The predicted molar refractivity (Wildman–Crippen MR) is 118 cm³/mol. The molecule has 0 bridgehead atoms. The van der Waals surface area contributed by atoms with Crippen LogP contribution in [0.25, 0.3) is 0 Å². The smallest absolute Gasteiger partial charge is 0.230 e. The lowest BCUT2D eigenvalue weighted by Crippen LogP contribution is -2.24. The summed E-state index contributed by atoms with van der Waals surface area (Å²) < 4.78 is 1.43. The first-order chi connectivity index (χ1) is 14.2. The molecule has 0 unspecified atom stereocenters. The Labute approximate surface area is 181 Å². The average molecular weight is 445 g/mol. The Balaban J connectivity index is 1.33. The molecular formula is C20H20N4O2S3. The highest BCUT2D eigenvalue weighted by atomic mass is 32.2. The zero-order chi connectivity index (χ0) is 20.3. The lowest BCUT2D eigenvalue weighted by atomic mass is 10.2. The number of thioether (sulfide) groups is 2. The van der Waals surface area contributed by atoms with Crippen LogP contribution in [0.4, 0.5) is 0 Å². The molecule has 3 aromatic rings. The standard InChI is InChI=1S/C20H20N4O2S3/c25-17(21-11-15-7-3-1-4-8-15)13-27-19-23-24-20(29-19)28-14-18(26)22-12-16-9-5-2-6-10-16/h1-10H,11-14H2,(H,21,25)(H,22,26). The summed E-state index contributed by atoms with van der Waals surface area (Å²) in [6.07, 6.45) is 0. The molecule has 6 nitrogen and oxygen atoms in total. The predicted octanol–water partition coefficient (Wildman–Crippen LogP) is 3.36. The highest BCUT2D eigenvalue weighted by molar-refractivity contribution is 8.03. The molecule has 0 atom stereocenters. The van der Waals surface area contributed by atoms with Gasteiger partial charge in [-0.2, -0.15) is 0 Å². The molecule has 2 N–H and O–H groups in total. The molecule has 0 aliphatic heterocycles. The van der Waals surface area contributed by atoms with Gasteiger partial charge in [0.2, 0.25) is 11.8 Å². The lowest BCUT2D eigenvalue weighted by Gasteiger charge is -2.04. The number of amides is 2. The van der Waals surface area contributed by atoms with Crippen LogP contribution in [0, 0.1) is 0 Å². The molecule has 1 heterocycles. The molecule has 0 saturated heterocycles. The van der Waals surface area contributed by atoms with Gasteiger partial charge in [0.05, 0.1) is 11.5 Å². The van der Waals surface area contributed by atoms with Crippen molar-refractivity contribution in [2.45, 2.75) is 21.8 Å². The first-order valence-electron chi connectivity index (χ1n) is 8.89. The van der Waals surface area contributed by atoms with Crippen molar-refractivity contribution in [1.82, 2.24) is 20.8 Å². The van der Waals surface area contributed by atoms with Gasteiger partial charge in [0.1, 0.15) is 0 Å². The molecule has 9 heteroatoms. The molecule has 1 aromatic heterocycles. The summed E-state index contributed by atoms with van der Waals surface area (Å²) in [5.41, 5.74) is 2.12. The molecular weight excluding hydrogens is 424 g/mol. The molecule has 150 valence electrons. The van der Waals surface area contributed by atoms with E-state index >= 15 is 0 Å². The number of aromatic nitrogens is 2. The number of carbonyl (C=O) groups is 2. The van der Waals surface area contributed by atoms with E-state index in [4.69, 9.17) is 0 Å². The van der Waals surface area contributed by atoms with Crippen LogP contribution >= 0.6 is 34.9 Å². The van der Waals surface area contributed by atoms with Gasteiger partial charge in [-0.15, -0.1) is 10.2 Å². The zero-order valence-electron chi connectivity index (χ0n) is 15.5. The minimum atomic E-state index is -0.0523. The molecule has 0 aliphatic rings. The number of benzene rings is 2. The van der Waals surface area contributed by atoms with E-state index in [0.29, 0.717) is 21.8 Å². The molecule has 0 saturated carbocycles. The average Bonchev–Trinajstić information content (AvgIpc) is 3.23. The van der Waals surface area contributed by atoms with Gasteiger partial charge in [-0.3, -0.25) is 9.59 Å². The summed E-state index contributed by atoms with van der Waals surface area (Å²) in [4.78, 5) is 23.9. The fourth-order valence-corrected chi connectivity index (χ4v) is 4.94. The normalized spacial score (nSPS) is 10.5. The summed E-state index contributed by atoms with van der Waals surface area (Å²) in [6, 6.07) is 19.5. The van der Waals surface area contributed by atoms with Crippen LogP contribution in [0.3, 0.4) is 0 Å². The van der Waals surface area contributed by atoms with Gasteiger partial charge in [-0.25, -0.2) is 0 Å². The van der Waals surface area contributed by atoms with E-state index in [1.807, 2.05) is 60.7 Å². The van der Waals surface area contributed by atoms with Crippen LogP contribution in [0.1, 0.15) is 11.1 Å². The number of carbonyl (C=O) groups excluding carboxylic acids is 2. The number of nitrogens with zero attached hydrogens (tertiary/aromatic N) is 2. The number of hydrogen-bond donors (Lipinski definition) is 2. The summed E-state index contributed by atoms with van der Waals surface area (Å²) >= 11 is 4.08. The molecule has 29 heavy (non-hydrogen) atoms. The van der Waals surface area contributed by atoms with Gasteiger partial charge in [-0.1, -0.05) is 95.5 Å². The minimum Gasteiger partial charge on any atom is -0.351 e. The van der Waals surface area contributed by atoms with Crippen molar-refractivity contribution < 1.29 is 9.59 Å². The third-order valence-corrected chi connectivity index (χ3v) is 6.90. The van der Waals surface area contributed by atoms with Crippen LogP contribution < -0.4 is 10.6 Å². The Morgan fingerprint density at radius 1 is 0.724 bits per heavy atom. The van der Waals surface area contributed by atoms with Gasteiger partial charge in [0.15, 0.2) is 8.68 Å². The Bertz CT molecular complexity index is 846. The van der Waals surface area contributed by atoms with Crippen molar-refractivity contribution in [3.63, 3.8) is 0 Å². The fraction of sp³-hybridized carbons (Fsp3) is 0.200. The molecule has 0 radical (unpaired) electrons. The Kier molecular flexibility index (Phi) is 8.54. The third-order valence-electron chi connectivity index (χ3n) is 3.71. The maximum atomic E-state index is 12.0. The second-order valence-corrected chi connectivity index (χ2v) is 9.36. The van der Waals surface area contributed by atoms with E-state index in [0.717, 1.165) is 11.1 Å². The second kappa shape index (κ2) is 11.6. The highest BCUT2D eigenvalue weighted by Gasteiger charge is 2.10. The molecule has 2 aromatic carbocycles. The molecule has 3 rings (SSSR count). The summed E-state index contributed by atoms with van der Waals surface area (Å²) in [5, 5.41) is 13.9. The van der Waals surface area contributed by atoms with E-state index in [1.54, 1.807) is 0 Å². The number of rotatable bonds is 10. The van der Waals surface area contributed by atoms with Crippen molar-refractivity contribution in [2.75, 3.05) is 11.5 Å². The SMILES string of the molecule is O=C(CSc1nnc(SCC(=O)NCc2ccccc2)s1)NCc1ccccc1. The van der Waals surface area contributed by atoms with Gasteiger partial charge in [0.25, 0.3) is 0 Å². The first-order valence-corrected chi connectivity index (χ1v) is 11.7. The second-order valence-electron chi connectivity index (χ2n) is 5.94. The van der Waals surface area contributed by atoms with Gasteiger partial charge in [-0.05, 0) is 11.1 Å². The van der Waals surface area contributed by atoms with Crippen molar-refractivity contribution in [3.8, 4) is 0 Å². The zero-order valence-corrected chi connectivity index (χ0v) is 18.0. The van der Waals surface area contributed by atoms with Crippen LogP contribution in [-0.4, -0.2) is 33.5 Å². The number of nitrogens with one attached hydrogen (secondary N) is 2. The Morgan fingerprint density at radius 2 is 1.14 bits per heavy atom. The summed E-state index contributed by atoms with van der Waals surface area (Å²) in [5.74, 6) is 0.458. The summed E-state index contributed by atoms with van der Waals surface area (Å²) in [7, 11) is 0. The van der Waals surface area contributed by atoms with Crippen LogP contribution in [0.15, 0.2) is 69.3 Å². The van der Waals surface area contributed by atoms with Crippen LogP contribution in [0.5, 0.6) is 0 Å². The van der Waals surface area contributed by atoms with E-state index in [2.05, 4.69) is 20.8 Å². The van der Waals surface area contributed by atoms with Crippen LogP contribution in [-0.2, 0) is 22.7 Å².